The molecular weight excluding hydrogens is 288 g/mol. The second-order valence-electron chi connectivity index (χ2n) is 5.13. The lowest BCUT2D eigenvalue weighted by molar-refractivity contribution is 0.494. The minimum atomic E-state index is 0.489. The molecule has 2 heterocycles. The molecule has 108 valence electrons. The number of fused-ring (bicyclic) bond motifs is 2. The van der Waals surface area contributed by atoms with Gasteiger partial charge in [0.25, 0.3) is 0 Å². The number of rotatable bonds is 2. The Morgan fingerprint density at radius 1 is 0.739 bits per heavy atom. The molecule has 0 aliphatic heterocycles. The summed E-state index contributed by atoms with van der Waals surface area (Å²) in [6.07, 6.45) is 0. The predicted octanol–water partition coefficient (Wildman–Crippen LogP) is 4.18. The fraction of sp³-hybridized carbons (Fsp3) is 0. The molecule has 5 nitrogen and oxygen atoms in total. The van der Waals surface area contributed by atoms with Crippen molar-refractivity contribution in [3.8, 4) is 23.6 Å². The maximum absolute atomic E-state index is 9.03. The van der Waals surface area contributed by atoms with Crippen molar-refractivity contribution in [3.63, 3.8) is 0 Å². The number of ether oxygens (including phenoxy) is 1. The van der Waals surface area contributed by atoms with Gasteiger partial charge in [-0.25, -0.2) is 0 Å². The van der Waals surface area contributed by atoms with Crippen molar-refractivity contribution < 1.29 is 4.74 Å². The Balaban J connectivity index is 1.85. The summed E-state index contributed by atoms with van der Waals surface area (Å²) in [5.41, 5.74) is 2.67. The summed E-state index contributed by atoms with van der Waals surface area (Å²) in [5, 5.41) is 19.8. The maximum Gasteiger partial charge on any atom is 0.136 e. The van der Waals surface area contributed by atoms with Crippen LogP contribution in [0.5, 0.6) is 11.5 Å². The number of H-pyrrole nitrogens is 2. The molecule has 0 fully saturated rings. The molecule has 0 amide bonds. The van der Waals surface area contributed by atoms with Gasteiger partial charge in [0.2, 0.25) is 0 Å². The first-order valence-corrected chi connectivity index (χ1v) is 7.00. The molecule has 0 spiro atoms. The van der Waals surface area contributed by atoms with Crippen LogP contribution in [0.3, 0.4) is 0 Å². The first kappa shape index (κ1) is 13.0. The zero-order valence-electron chi connectivity index (χ0n) is 11.9. The zero-order chi connectivity index (χ0) is 15.8. The summed E-state index contributed by atoms with van der Waals surface area (Å²) in [6.45, 7) is 0. The molecule has 0 aliphatic rings. The van der Waals surface area contributed by atoms with Gasteiger partial charge in [-0.15, -0.1) is 0 Å². The van der Waals surface area contributed by atoms with Gasteiger partial charge < -0.3 is 14.7 Å². The van der Waals surface area contributed by atoms with Gasteiger partial charge in [0.15, 0.2) is 0 Å². The van der Waals surface area contributed by atoms with Crippen LogP contribution in [-0.2, 0) is 0 Å². The third-order valence-corrected chi connectivity index (χ3v) is 3.71. The summed E-state index contributed by atoms with van der Waals surface area (Å²) in [6, 6.07) is 19.0. The predicted molar refractivity (Wildman–Crippen MR) is 86.1 cm³/mol. The molecule has 4 aromatic rings. The molecular formula is C18H10N4O. The van der Waals surface area contributed by atoms with Crippen LogP contribution in [0.2, 0.25) is 0 Å². The van der Waals surface area contributed by atoms with Crippen molar-refractivity contribution >= 4 is 21.8 Å². The molecule has 0 atom stereocenters. The van der Waals surface area contributed by atoms with Gasteiger partial charge in [-0.3, -0.25) is 0 Å². The van der Waals surface area contributed by atoms with E-state index < -0.39 is 0 Å². The van der Waals surface area contributed by atoms with Crippen LogP contribution in [0.1, 0.15) is 11.4 Å². The smallest absolute Gasteiger partial charge is 0.136 e. The maximum atomic E-state index is 9.03. The minimum absolute atomic E-state index is 0.489. The largest absolute Gasteiger partial charge is 0.456 e. The Hall–Kier alpha value is -3.70. The van der Waals surface area contributed by atoms with Crippen LogP contribution < -0.4 is 4.74 Å². The third kappa shape index (κ3) is 2.08. The molecule has 0 bridgehead atoms. The normalized spacial score (nSPS) is 10.5. The highest BCUT2D eigenvalue weighted by atomic mass is 16.5. The summed E-state index contributed by atoms with van der Waals surface area (Å²) >= 11 is 0. The van der Waals surface area contributed by atoms with Crippen LogP contribution in [0.25, 0.3) is 21.8 Å². The van der Waals surface area contributed by atoms with E-state index in [4.69, 9.17) is 15.3 Å². The SMILES string of the molecule is N#Cc1cc2c(Oc3cccc4[nH]c(C#N)cc34)cccc2[nH]1. The van der Waals surface area contributed by atoms with Crippen molar-refractivity contribution in [2.75, 3.05) is 0 Å². The van der Waals surface area contributed by atoms with E-state index in [1.807, 2.05) is 36.4 Å². The molecule has 5 heteroatoms. The van der Waals surface area contributed by atoms with Gasteiger partial charge in [0.1, 0.15) is 35.0 Å². The molecule has 0 unspecified atom stereocenters. The van der Waals surface area contributed by atoms with E-state index in [0.29, 0.717) is 22.9 Å². The lowest BCUT2D eigenvalue weighted by Crippen LogP contribution is -1.85. The Labute approximate surface area is 131 Å². The molecule has 2 N–H and O–H groups in total. The Bertz CT molecular complexity index is 1030. The highest BCUT2D eigenvalue weighted by molar-refractivity contribution is 5.90. The number of hydrogen-bond acceptors (Lipinski definition) is 3. The van der Waals surface area contributed by atoms with Gasteiger partial charge in [0.05, 0.1) is 11.0 Å². The quantitative estimate of drug-likeness (QED) is 0.581. The Morgan fingerprint density at radius 3 is 1.65 bits per heavy atom. The average Bonchev–Trinajstić information content (AvgIpc) is 3.19. The summed E-state index contributed by atoms with van der Waals surface area (Å²) in [5.74, 6) is 1.32. The second kappa shape index (κ2) is 4.94. The highest BCUT2D eigenvalue weighted by Gasteiger charge is 2.10. The molecule has 23 heavy (non-hydrogen) atoms. The third-order valence-electron chi connectivity index (χ3n) is 3.71. The Morgan fingerprint density at radius 2 is 1.22 bits per heavy atom. The fourth-order valence-corrected chi connectivity index (χ4v) is 2.67. The van der Waals surface area contributed by atoms with Crippen LogP contribution in [-0.4, -0.2) is 9.97 Å². The minimum Gasteiger partial charge on any atom is -0.456 e. The molecule has 0 saturated heterocycles. The monoisotopic (exact) mass is 298 g/mol. The molecule has 0 aliphatic carbocycles. The lowest BCUT2D eigenvalue weighted by atomic mass is 10.2. The first-order valence-electron chi connectivity index (χ1n) is 7.00. The number of nitriles is 2. The van der Waals surface area contributed by atoms with Gasteiger partial charge in [-0.2, -0.15) is 10.5 Å². The highest BCUT2D eigenvalue weighted by Crippen LogP contribution is 2.34. The van der Waals surface area contributed by atoms with Gasteiger partial charge >= 0.3 is 0 Å². The van der Waals surface area contributed by atoms with E-state index >= 15 is 0 Å². The van der Waals surface area contributed by atoms with Crippen molar-refractivity contribution in [1.29, 1.82) is 10.5 Å². The van der Waals surface area contributed by atoms with Crippen molar-refractivity contribution in [1.82, 2.24) is 9.97 Å². The zero-order valence-corrected chi connectivity index (χ0v) is 11.9. The van der Waals surface area contributed by atoms with Crippen molar-refractivity contribution in [2.45, 2.75) is 0 Å². The van der Waals surface area contributed by atoms with Crippen LogP contribution >= 0.6 is 0 Å². The van der Waals surface area contributed by atoms with E-state index in [1.54, 1.807) is 12.1 Å². The summed E-state index contributed by atoms with van der Waals surface area (Å²) < 4.78 is 6.06. The average molecular weight is 298 g/mol. The molecule has 4 rings (SSSR count). The number of benzene rings is 2. The summed E-state index contributed by atoms with van der Waals surface area (Å²) in [4.78, 5) is 6.06. The lowest BCUT2D eigenvalue weighted by Gasteiger charge is -2.08. The first-order chi connectivity index (χ1) is 11.3. The van der Waals surface area contributed by atoms with Gasteiger partial charge in [0, 0.05) is 10.8 Å². The molecule has 0 radical (unpaired) electrons. The number of aromatic nitrogens is 2. The van der Waals surface area contributed by atoms with Crippen LogP contribution in [0.4, 0.5) is 0 Å². The van der Waals surface area contributed by atoms with Crippen molar-refractivity contribution in [3.05, 3.63) is 59.9 Å². The molecule has 2 aromatic heterocycles. The van der Waals surface area contributed by atoms with E-state index in [0.717, 1.165) is 21.8 Å². The Kier molecular flexibility index (Phi) is 2.79. The van der Waals surface area contributed by atoms with Gasteiger partial charge in [-0.05, 0) is 36.4 Å². The standard InChI is InChI=1S/C18H10N4O/c19-9-11-7-13-15(21-11)3-1-5-17(13)23-18-6-2-4-16-14(18)8-12(10-20)22-16/h1-8,21-22H. The number of nitrogens with one attached hydrogen (secondary N) is 2. The van der Waals surface area contributed by atoms with Crippen molar-refractivity contribution in [2.24, 2.45) is 0 Å². The number of aromatic amines is 2. The van der Waals surface area contributed by atoms with Gasteiger partial charge in [-0.1, -0.05) is 12.1 Å². The van der Waals surface area contributed by atoms with Crippen LogP contribution in [0.15, 0.2) is 48.5 Å². The molecule has 2 aromatic carbocycles. The number of hydrogen-bond donors (Lipinski definition) is 2. The van der Waals surface area contributed by atoms with Crippen LogP contribution in [0, 0.1) is 22.7 Å². The second-order valence-corrected chi connectivity index (χ2v) is 5.13. The number of nitrogens with zero attached hydrogens (tertiary/aromatic N) is 2. The topological polar surface area (TPSA) is 88.4 Å². The van der Waals surface area contributed by atoms with E-state index in [1.165, 1.54) is 0 Å². The fourth-order valence-electron chi connectivity index (χ4n) is 2.67. The van der Waals surface area contributed by atoms with E-state index in [2.05, 4.69) is 22.1 Å². The van der Waals surface area contributed by atoms with E-state index in [-0.39, 0.29) is 0 Å². The molecule has 0 saturated carbocycles. The summed E-state index contributed by atoms with van der Waals surface area (Å²) in [7, 11) is 0. The van der Waals surface area contributed by atoms with E-state index in [9.17, 15) is 0 Å².